The van der Waals surface area contributed by atoms with E-state index in [2.05, 4.69) is 15.6 Å². The lowest BCUT2D eigenvalue weighted by Crippen LogP contribution is -2.47. The van der Waals surface area contributed by atoms with Crippen LogP contribution in [0.4, 0.5) is 13.2 Å². The summed E-state index contributed by atoms with van der Waals surface area (Å²) in [5.74, 6) is -1.54. The molecule has 2 N–H and O–H groups in total. The molecule has 0 heterocycles. The number of amides is 2. The number of benzene rings is 2. The van der Waals surface area contributed by atoms with Crippen molar-refractivity contribution in [2.24, 2.45) is 0 Å². The maximum absolute atomic E-state index is 12.8. The number of ether oxygens (including phenoxy) is 2. The van der Waals surface area contributed by atoms with Gasteiger partial charge in [0.05, 0.1) is 0 Å². The lowest BCUT2D eigenvalue weighted by molar-refractivity contribution is -0.128. The molecule has 0 bridgehead atoms. The molecule has 138 valence electrons. The first-order chi connectivity index (χ1) is 12.3. The highest BCUT2D eigenvalue weighted by molar-refractivity contribution is 5.95. The topological polar surface area (TPSA) is 76.7 Å². The number of alkyl halides is 2. The normalized spacial score (nSPS) is 11.6. The standard InChI is InChI=1S/C17H15F3N2O4/c1-10(25-13-8-4-12(18)5-9-13)15(23)21-22-16(24)11-2-6-14(7-3-11)26-17(19)20/h2-10,17H,1H3,(H,21,23)(H,22,24). The molecule has 1 atom stereocenters. The summed E-state index contributed by atoms with van der Waals surface area (Å²) in [6.45, 7) is -1.52. The minimum atomic E-state index is -2.96. The summed E-state index contributed by atoms with van der Waals surface area (Å²) < 4.78 is 46.4. The van der Waals surface area contributed by atoms with E-state index in [4.69, 9.17) is 4.74 Å². The fourth-order valence-corrected chi connectivity index (χ4v) is 1.85. The van der Waals surface area contributed by atoms with Gasteiger partial charge in [0.1, 0.15) is 17.3 Å². The third-order valence-corrected chi connectivity index (χ3v) is 3.14. The molecule has 0 aromatic heterocycles. The van der Waals surface area contributed by atoms with Gasteiger partial charge in [-0.2, -0.15) is 8.78 Å². The van der Waals surface area contributed by atoms with Crippen molar-refractivity contribution in [3.8, 4) is 11.5 Å². The molecule has 6 nitrogen and oxygen atoms in total. The van der Waals surface area contributed by atoms with E-state index < -0.39 is 30.3 Å². The van der Waals surface area contributed by atoms with Crippen LogP contribution in [0.3, 0.4) is 0 Å². The molecule has 0 fully saturated rings. The Labute approximate surface area is 146 Å². The Balaban J connectivity index is 1.83. The summed E-state index contributed by atoms with van der Waals surface area (Å²) in [4.78, 5) is 23.8. The van der Waals surface area contributed by atoms with E-state index in [-0.39, 0.29) is 17.1 Å². The molecule has 0 radical (unpaired) electrons. The van der Waals surface area contributed by atoms with Crippen LogP contribution in [-0.2, 0) is 4.79 Å². The van der Waals surface area contributed by atoms with Gasteiger partial charge in [-0.1, -0.05) is 0 Å². The van der Waals surface area contributed by atoms with E-state index >= 15 is 0 Å². The molecule has 0 saturated heterocycles. The zero-order chi connectivity index (χ0) is 19.1. The highest BCUT2D eigenvalue weighted by atomic mass is 19.3. The second-order valence-electron chi connectivity index (χ2n) is 5.06. The van der Waals surface area contributed by atoms with Crippen molar-refractivity contribution in [2.45, 2.75) is 19.6 Å². The number of hydrogen-bond donors (Lipinski definition) is 2. The highest BCUT2D eigenvalue weighted by Crippen LogP contribution is 2.15. The summed E-state index contributed by atoms with van der Waals surface area (Å²) in [5.41, 5.74) is 4.46. The van der Waals surface area contributed by atoms with Crippen molar-refractivity contribution in [1.82, 2.24) is 10.9 Å². The molecule has 1 unspecified atom stereocenters. The van der Waals surface area contributed by atoms with Gasteiger partial charge in [0.15, 0.2) is 6.10 Å². The predicted molar refractivity (Wildman–Crippen MR) is 85.2 cm³/mol. The van der Waals surface area contributed by atoms with Crippen molar-refractivity contribution in [3.05, 3.63) is 59.9 Å². The lowest BCUT2D eigenvalue weighted by Gasteiger charge is -2.15. The first-order valence-electron chi connectivity index (χ1n) is 7.42. The lowest BCUT2D eigenvalue weighted by atomic mass is 10.2. The Morgan fingerprint density at radius 3 is 2.00 bits per heavy atom. The third kappa shape index (κ3) is 5.69. The van der Waals surface area contributed by atoms with Crippen LogP contribution in [-0.4, -0.2) is 24.5 Å². The van der Waals surface area contributed by atoms with Crippen molar-refractivity contribution < 1.29 is 32.2 Å². The maximum atomic E-state index is 12.8. The highest BCUT2D eigenvalue weighted by Gasteiger charge is 2.16. The molecule has 2 rings (SSSR count). The van der Waals surface area contributed by atoms with Gasteiger partial charge in [-0.3, -0.25) is 20.4 Å². The number of hydrogen-bond acceptors (Lipinski definition) is 4. The number of carbonyl (C=O) groups excluding carboxylic acids is 2. The molecule has 2 aromatic rings. The Kier molecular flexibility index (Phi) is 6.42. The zero-order valence-electron chi connectivity index (χ0n) is 13.5. The smallest absolute Gasteiger partial charge is 0.387 e. The first kappa shape index (κ1) is 19.1. The maximum Gasteiger partial charge on any atom is 0.387 e. The van der Waals surface area contributed by atoms with E-state index in [0.717, 1.165) is 0 Å². The molecule has 0 aliphatic heterocycles. The van der Waals surface area contributed by atoms with Gasteiger partial charge in [0.2, 0.25) is 0 Å². The molecule has 2 amide bonds. The monoisotopic (exact) mass is 368 g/mol. The largest absolute Gasteiger partial charge is 0.481 e. The average molecular weight is 368 g/mol. The van der Waals surface area contributed by atoms with E-state index in [1.165, 1.54) is 55.5 Å². The van der Waals surface area contributed by atoms with Crippen LogP contribution in [0.2, 0.25) is 0 Å². The fraction of sp³-hybridized carbons (Fsp3) is 0.176. The van der Waals surface area contributed by atoms with Gasteiger partial charge >= 0.3 is 6.61 Å². The molecule has 0 spiro atoms. The van der Waals surface area contributed by atoms with Crippen molar-refractivity contribution in [2.75, 3.05) is 0 Å². The van der Waals surface area contributed by atoms with Gasteiger partial charge in [0, 0.05) is 5.56 Å². The number of hydrazine groups is 1. The van der Waals surface area contributed by atoms with Gasteiger partial charge < -0.3 is 9.47 Å². The quantitative estimate of drug-likeness (QED) is 0.769. The van der Waals surface area contributed by atoms with Crippen LogP contribution in [0.25, 0.3) is 0 Å². The van der Waals surface area contributed by atoms with Crippen LogP contribution >= 0.6 is 0 Å². The Morgan fingerprint density at radius 1 is 0.885 bits per heavy atom. The van der Waals surface area contributed by atoms with Crippen molar-refractivity contribution in [1.29, 1.82) is 0 Å². The Hall–Kier alpha value is -3.23. The van der Waals surface area contributed by atoms with E-state index in [0.29, 0.717) is 0 Å². The Morgan fingerprint density at radius 2 is 1.42 bits per heavy atom. The summed E-state index contributed by atoms with van der Waals surface area (Å²) in [6, 6.07) is 10.0. The van der Waals surface area contributed by atoms with Crippen LogP contribution in [0.1, 0.15) is 17.3 Å². The minimum absolute atomic E-state index is 0.0955. The predicted octanol–water partition coefficient (Wildman–Crippen LogP) is 2.66. The molecule has 26 heavy (non-hydrogen) atoms. The number of halogens is 3. The number of nitrogens with one attached hydrogen (secondary N) is 2. The van der Waals surface area contributed by atoms with E-state index in [1.54, 1.807) is 0 Å². The second-order valence-corrected chi connectivity index (χ2v) is 5.06. The summed E-state index contributed by atoms with van der Waals surface area (Å²) in [6.07, 6.45) is -0.956. The van der Waals surface area contributed by atoms with Crippen LogP contribution in [0.15, 0.2) is 48.5 Å². The van der Waals surface area contributed by atoms with Crippen molar-refractivity contribution in [3.63, 3.8) is 0 Å². The van der Waals surface area contributed by atoms with Crippen molar-refractivity contribution >= 4 is 11.8 Å². The molecule has 0 aliphatic carbocycles. The number of carbonyl (C=O) groups is 2. The number of rotatable bonds is 6. The zero-order valence-corrected chi connectivity index (χ0v) is 13.5. The molecular weight excluding hydrogens is 353 g/mol. The molecule has 2 aromatic carbocycles. The molecular formula is C17H15F3N2O4. The summed E-state index contributed by atoms with van der Waals surface area (Å²) in [7, 11) is 0. The van der Waals surface area contributed by atoms with Crippen LogP contribution in [0, 0.1) is 5.82 Å². The fourth-order valence-electron chi connectivity index (χ4n) is 1.85. The summed E-state index contributed by atoms with van der Waals surface area (Å²) >= 11 is 0. The van der Waals surface area contributed by atoms with Gasteiger partial charge in [-0.05, 0) is 55.5 Å². The van der Waals surface area contributed by atoms with Gasteiger partial charge in [-0.15, -0.1) is 0 Å². The van der Waals surface area contributed by atoms with Gasteiger partial charge in [-0.25, -0.2) is 4.39 Å². The molecule has 9 heteroatoms. The Bertz CT molecular complexity index is 752. The molecule has 0 saturated carbocycles. The van der Waals surface area contributed by atoms with E-state index in [9.17, 15) is 22.8 Å². The van der Waals surface area contributed by atoms with Gasteiger partial charge in [0.25, 0.3) is 11.8 Å². The summed E-state index contributed by atoms with van der Waals surface area (Å²) in [5, 5.41) is 0. The molecule has 0 aliphatic rings. The van der Waals surface area contributed by atoms with Crippen LogP contribution < -0.4 is 20.3 Å². The SMILES string of the molecule is CC(Oc1ccc(F)cc1)C(=O)NNC(=O)c1ccc(OC(F)F)cc1. The average Bonchev–Trinajstić information content (AvgIpc) is 2.61. The van der Waals surface area contributed by atoms with Crippen LogP contribution in [0.5, 0.6) is 11.5 Å². The minimum Gasteiger partial charge on any atom is -0.481 e. The second kappa shape index (κ2) is 8.75. The third-order valence-electron chi connectivity index (χ3n) is 3.14. The first-order valence-corrected chi connectivity index (χ1v) is 7.42. The van der Waals surface area contributed by atoms with E-state index in [1.807, 2.05) is 0 Å².